The molecule has 1 saturated carbocycles. The average molecular weight is 409 g/mol. The third kappa shape index (κ3) is 4.59. The predicted octanol–water partition coefficient (Wildman–Crippen LogP) is 2.11. The lowest BCUT2D eigenvalue weighted by Crippen LogP contribution is -2.52. The highest BCUT2D eigenvalue weighted by Crippen LogP contribution is 2.42. The minimum Gasteiger partial charge on any atom is -0.344 e. The summed E-state index contributed by atoms with van der Waals surface area (Å²) in [6.07, 6.45) is 6.51. The molecule has 2 aliphatic heterocycles. The maximum absolute atomic E-state index is 12.9. The first-order valence-electron chi connectivity index (χ1n) is 10.6. The zero-order valence-corrected chi connectivity index (χ0v) is 17.8. The van der Waals surface area contributed by atoms with Gasteiger partial charge in [0.15, 0.2) is 9.84 Å². The van der Waals surface area contributed by atoms with Crippen LogP contribution >= 0.6 is 0 Å². The highest BCUT2D eigenvalue weighted by atomic mass is 32.2. The third-order valence-electron chi connectivity index (χ3n) is 6.07. The molecule has 2 saturated heterocycles. The standard InChI is InChI=1S/C20H32N4O3S/c1-20(2,14-23-9-4-3-5-10-23)21-19(25)17-12-18(15-6-7-15)24(22-17)16-8-11-28(26,27)13-16/h12,15-16H,3-11,13-14H2,1-2H3,(H,21,25)/t16-/m0/s1. The second kappa shape index (κ2) is 7.44. The molecule has 1 aromatic heterocycles. The van der Waals surface area contributed by atoms with Crippen LogP contribution in [0.1, 0.15) is 80.5 Å². The van der Waals surface area contributed by atoms with E-state index in [1.54, 1.807) is 0 Å². The van der Waals surface area contributed by atoms with E-state index in [4.69, 9.17) is 0 Å². The van der Waals surface area contributed by atoms with Crippen molar-refractivity contribution in [1.82, 2.24) is 20.0 Å². The molecule has 1 aromatic rings. The molecule has 3 aliphatic rings. The molecule has 0 unspecified atom stereocenters. The lowest BCUT2D eigenvalue weighted by atomic mass is 10.0. The maximum Gasteiger partial charge on any atom is 0.272 e. The molecule has 1 aliphatic carbocycles. The Morgan fingerprint density at radius 1 is 1.21 bits per heavy atom. The first-order valence-corrected chi connectivity index (χ1v) is 12.4. The van der Waals surface area contributed by atoms with Crippen molar-refractivity contribution < 1.29 is 13.2 Å². The van der Waals surface area contributed by atoms with Gasteiger partial charge in [-0.2, -0.15) is 5.10 Å². The summed E-state index contributed by atoms with van der Waals surface area (Å²) in [6.45, 7) is 7.13. The normalized spacial score (nSPS) is 25.7. The van der Waals surface area contributed by atoms with Crippen molar-refractivity contribution >= 4 is 15.7 Å². The molecule has 8 heteroatoms. The average Bonchev–Trinajstić information content (AvgIpc) is 3.26. The SMILES string of the molecule is CC(C)(CN1CCCCC1)NC(=O)c1cc(C2CC2)n([C@H]2CCS(=O)(=O)C2)n1. The molecule has 156 valence electrons. The molecule has 4 rings (SSSR count). The van der Waals surface area contributed by atoms with Crippen molar-refractivity contribution in [3.8, 4) is 0 Å². The quantitative estimate of drug-likeness (QED) is 0.779. The van der Waals surface area contributed by atoms with Gasteiger partial charge in [-0.05, 0) is 65.1 Å². The Hall–Kier alpha value is -1.41. The third-order valence-corrected chi connectivity index (χ3v) is 7.82. The fourth-order valence-electron chi connectivity index (χ4n) is 4.55. The molecule has 3 fully saturated rings. The van der Waals surface area contributed by atoms with Gasteiger partial charge in [0.05, 0.1) is 17.5 Å². The van der Waals surface area contributed by atoms with Crippen molar-refractivity contribution in [3.63, 3.8) is 0 Å². The molecule has 0 aromatic carbocycles. The summed E-state index contributed by atoms with van der Waals surface area (Å²) in [5.41, 5.74) is 1.10. The van der Waals surface area contributed by atoms with E-state index in [9.17, 15) is 13.2 Å². The van der Waals surface area contributed by atoms with Gasteiger partial charge in [0, 0.05) is 23.7 Å². The molecular weight excluding hydrogens is 376 g/mol. The number of nitrogens with zero attached hydrogens (tertiary/aromatic N) is 3. The van der Waals surface area contributed by atoms with Crippen molar-refractivity contribution in [3.05, 3.63) is 17.5 Å². The van der Waals surface area contributed by atoms with Crippen LogP contribution in [-0.2, 0) is 9.84 Å². The van der Waals surface area contributed by atoms with Crippen LogP contribution in [0.5, 0.6) is 0 Å². The largest absolute Gasteiger partial charge is 0.344 e. The second-order valence-corrected chi connectivity index (χ2v) is 11.6. The molecule has 3 heterocycles. The summed E-state index contributed by atoms with van der Waals surface area (Å²) in [4.78, 5) is 15.3. The lowest BCUT2D eigenvalue weighted by molar-refractivity contribution is 0.0872. The summed E-state index contributed by atoms with van der Waals surface area (Å²) in [6, 6.07) is 1.75. The van der Waals surface area contributed by atoms with Crippen LogP contribution in [0.15, 0.2) is 6.07 Å². The minimum atomic E-state index is -2.99. The van der Waals surface area contributed by atoms with Gasteiger partial charge in [0.2, 0.25) is 0 Å². The molecular formula is C20H32N4O3S. The van der Waals surface area contributed by atoms with Crippen LogP contribution in [0.2, 0.25) is 0 Å². The number of hydrogen-bond acceptors (Lipinski definition) is 5. The van der Waals surface area contributed by atoms with Gasteiger partial charge in [0.25, 0.3) is 5.91 Å². The summed E-state index contributed by atoms with van der Waals surface area (Å²) in [5.74, 6) is 0.601. The molecule has 1 atom stereocenters. The van der Waals surface area contributed by atoms with E-state index in [0.29, 0.717) is 18.0 Å². The summed E-state index contributed by atoms with van der Waals surface area (Å²) in [7, 11) is -2.99. The molecule has 28 heavy (non-hydrogen) atoms. The number of sulfone groups is 1. The number of piperidine rings is 1. The Morgan fingerprint density at radius 2 is 1.93 bits per heavy atom. The lowest BCUT2D eigenvalue weighted by Gasteiger charge is -2.35. The smallest absolute Gasteiger partial charge is 0.272 e. The second-order valence-electron chi connectivity index (χ2n) is 9.40. The van der Waals surface area contributed by atoms with Crippen LogP contribution in [0, 0.1) is 0 Å². The number of rotatable bonds is 6. The molecule has 1 amide bonds. The molecule has 7 nitrogen and oxygen atoms in total. The highest BCUT2D eigenvalue weighted by Gasteiger charge is 2.36. The fourth-order valence-corrected chi connectivity index (χ4v) is 6.24. The van der Waals surface area contributed by atoms with E-state index in [2.05, 4.69) is 29.2 Å². The van der Waals surface area contributed by atoms with E-state index >= 15 is 0 Å². The molecule has 0 spiro atoms. The fraction of sp³-hybridized carbons (Fsp3) is 0.800. The van der Waals surface area contributed by atoms with Gasteiger partial charge in [-0.15, -0.1) is 0 Å². The number of likely N-dealkylation sites (tertiary alicyclic amines) is 1. The van der Waals surface area contributed by atoms with Gasteiger partial charge < -0.3 is 10.2 Å². The topological polar surface area (TPSA) is 84.3 Å². The molecule has 1 N–H and O–H groups in total. The summed E-state index contributed by atoms with van der Waals surface area (Å²) < 4.78 is 25.6. The van der Waals surface area contributed by atoms with E-state index in [-0.39, 0.29) is 29.0 Å². The van der Waals surface area contributed by atoms with Gasteiger partial charge in [-0.25, -0.2) is 8.42 Å². The number of aromatic nitrogens is 2. The Labute approximate surface area is 167 Å². The number of carbonyl (C=O) groups is 1. The number of hydrogen-bond donors (Lipinski definition) is 1. The predicted molar refractivity (Wildman–Crippen MR) is 108 cm³/mol. The van der Waals surface area contributed by atoms with Crippen molar-refractivity contribution in [1.29, 1.82) is 0 Å². The van der Waals surface area contributed by atoms with Crippen LogP contribution in [0.4, 0.5) is 0 Å². The zero-order valence-electron chi connectivity index (χ0n) is 17.0. The first kappa shape index (κ1) is 19.9. The van der Waals surface area contributed by atoms with Gasteiger partial charge in [-0.3, -0.25) is 9.48 Å². The van der Waals surface area contributed by atoms with Crippen molar-refractivity contribution in [2.45, 2.75) is 69.9 Å². The number of carbonyl (C=O) groups excluding carboxylic acids is 1. The zero-order chi connectivity index (χ0) is 19.9. The van der Waals surface area contributed by atoms with Crippen molar-refractivity contribution in [2.24, 2.45) is 0 Å². The number of amides is 1. The van der Waals surface area contributed by atoms with Crippen LogP contribution in [-0.4, -0.2) is 65.7 Å². The van der Waals surface area contributed by atoms with Gasteiger partial charge in [0.1, 0.15) is 5.69 Å². The van der Waals surface area contributed by atoms with Gasteiger partial charge in [-0.1, -0.05) is 6.42 Å². The summed E-state index contributed by atoms with van der Waals surface area (Å²) in [5, 5.41) is 7.73. The van der Waals surface area contributed by atoms with E-state index < -0.39 is 9.84 Å². The van der Waals surface area contributed by atoms with E-state index in [1.807, 2.05) is 10.7 Å². The first-order chi connectivity index (χ1) is 13.2. The van der Waals surface area contributed by atoms with Crippen LogP contribution in [0.3, 0.4) is 0 Å². The van der Waals surface area contributed by atoms with Crippen LogP contribution < -0.4 is 5.32 Å². The molecule has 0 radical (unpaired) electrons. The van der Waals surface area contributed by atoms with Crippen LogP contribution in [0.25, 0.3) is 0 Å². The highest BCUT2D eigenvalue weighted by molar-refractivity contribution is 7.91. The van der Waals surface area contributed by atoms with E-state index in [1.165, 1.54) is 19.3 Å². The Morgan fingerprint density at radius 3 is 2.54 bits per heavy atom. The Balaban J connectivity index is 1.47. The van der Waals surface area contributed by atoms with Crippen molar-refractivity contribution in [2.75, 3.05) is 31.1 Å². The Kier molecular flexibility index (Phi) is 5.29. The van der Waals surface area contributed by atoms with Gasteiger partial charge >= 0.3 is 0 Å². The number of nitrogens with one attached hydrogen (secondary N) is 1. The van der Waals surface area contributed by atoms with E-state index in [0.717, 1.165) is 38.2 Å². The minimum absolute atomic E-state index is 0.135. The maximum atomic E-state index is 12.9. The molecule has 0 bridgehead atoms. The monoisotopic (exact) mass is 408 g/mol. The summed E-state index contributed by atoms with van der Waals surface area (Å²) >= 11 is 0. The Bertz CT molecular complexity index is 836.